The molecule has 0 saturated heterocycles. The van der Waals surface area contributed by atoms with Crippen LogP contribution in [-0.4, -0.2) is 12.5 Å². The van der Waals surface area contributed by atoms with E-state index in [9.17, 15) is 4.79 Å². The molecule has 0 radical (unpaired) electrons. The van der Waals surface area contributed by atoms with Gasteiger partial charge in [-0.25, -0.2) is 0 Å². The Bertz CT molecular complexity index is 730. The van der Waals surface area contributed by atoms with Gasteiger partial charge in [-0.05, 0) is 42.2 Å². The third-order valence-electron chi connectivity index (χ3n) is 3.83. The standard InChI is InChI=1S/C18H16N2O/c1-13-9-15-6-2-3-8-17(15)20(12-13)18(21)16-7-4-5-14(10-16)11-19/h2-8,10,13H,9,12H2,1H3. The van der Waals surface area contributed by atoms with Crippen LogP contribution in [0.4, 0.5) is 5.69 Å². The van der Waals surface area contributed by atoms with E-state index in [0.717, 1.165) is 12.1 Å². The fraction of sp³-hybridized carbons (Fsp3) is 0.222. The van der Waals surface area contributed by atoms with Gasteiger partial charge >= 0.3 is 0 Å². The van der Waals surface area contributed by atoms with E-state index in [1.165, 1.54) is 5.56 Å². The Morgan fingerprint density at radius 3 is 2.86 bits per heavy atom. The molecule has 21 heavy (non-hydrogen) atoms. The van der Waals surface area contributed by atoms with E-state index in [4.69, 9.17) is 5.26 Å². The average molecular weight is 276 g/mol. The summed E-state index contributed by atoms with van der Waals surface area (Å²) in [7, 11) is 0. The number of carbonyl (C=O) groups excluding carboxylic acids is 1. The van der Waals surface area contributed by atoms with Gasteiger partial charge in [-0.3, -0.25) is 4.79 Å². The fourth-order valence-corrected chi connectivity index (χ4v) is 2.87. The molecule has 2 aromatic rings. The molecule has 1 amide bonds. The van der Waals surface area contributed by atoms with Crippen LogP contribution < -0.4 is 4.90 Å². The summed E-state index contributed by atoms with van der Waals surface area (Å²) in [6.45, 7) is 2.87. The maximum Gasteiger partial charge on any atom is 0.258 e. The molecule has 0 fully saturated rings. The monoisotopic (exact) mass is 276 g/mol. The first kappa shape index (κ1) is 13.4. The summed E-state index contributed by atoms with van der Waals surface area (Å²) in [6, 6.07) is 17.0. The highest BCUT2D eigenvalue weighted by Gasteiger charge is 2.26. The topological polar surface area (TPSA) is 44.1 Å². The molecule has 1 atom stereocenters. The molecule has 3 rings (SSSR count). The van der Waals surface area contributed by atoms with Crippen LogP contribution in [0.5, 0.6) is 0 Å². The Kier molecular flexibility index (Phi) is 3.45. The Morgan fingerprint density at radius 2 is 2.05 bits per heavy atom. The molecule has 1 aliphatic heterocycles. The molecule has 0 aliphatic carbocycles. The van der Waals surface area contributed by atoms with Crippen molar-refractivity contribution in [3.63, 3.8) is 0 Å². The normalized spacial score (nSPS) is 17.0. The molecule has 3 heteroatoms. The number of fused-ring (bicyclic) bond motifs is 1. The highest BCUT2D eigenvalue weighted by molar-refractivity contribution is 6.07. The second kappa shape index (κ2) is 5.41. The molecule has 3 nitrogen and oxygen atoms in total. The number of hydrogen-bond donors (Lipinski definition) is 0. The molecular weight excluding hydrogens is 260 g/mol. The summed E-state index contributed by atoms with van der Waals surface area (Å²) in [5, 5.41) is 8.98. The number of hydrogen-bond acceptors (Lipinski definition) is 2. The molecule has 0 bridgehead atoms. The smallest absolute Gasteiger partial charge is 0.258 e. The van der Waals surface area contributed by atoms with Crippen molar-refractivity contribution in [3.05, 3.63) is 65.2 Å². The quantitative estimate of drug-likeness (QED) is 0.801. The van der Waals surface area contributed by atoms with Gasteiger partial charge in [-0.1, -0.05) is 31.2 Å². The van der Waals surface area contributed by atoms with Crippen LogP contribution in [0.3, 0.4) is 0 Å². The van der Waals surface area contributed by atoms with Gasteiger partial charge in [0.2, 0.25) is 0 Å². The third kappa shape index (κ3) is 2.53. The second-order valence-corrected chi connectivity index (χ2v) is 5.55. The maximum absolute atomic E-state index is 12.8. The Hall–Kier alpha value is -2.60. The molecule has 1 heterocycles. The highest BCUT2D eigenvalue weighted by atomic mass is 16.2. The highest BCUT2D eigenvalue weighted by Crippen LogP contribution is 2.30. The van der Waals surface area contributed by atoms with Crippen molar-refractivity contribution in [1.82, 2.24) is 0 Å². The van der Waals surface area contributed by atoms with Gasteiger partial charge < -0.3 is 4.90 Å². The molecule has 2 aromatic carbocycles. The lowest BCUT2D eigenvalue weighted by Crippen LogP contribution is -2.39. The van der Waals surface area contributed by atoms with Crippen LogP contribution >= 0.6 is 0 Å². The number of nitrogens with zero attached hydrogens (tertiary/aromatic N) is 2. The summed E-state index contributed by atoms with van der Waals surface area (Å²) in [5.41, 5.74) is 3.28. The van der Waals surface area contributed by atoms with Crippen LogP contribution in [0.2, 0.25) is 0 Å². The Labute approximate surface area is 124 Å². The minimum Gasteiger partial charge on any atom is -0.308 e. The molecule has 0 saturated carbocycles. The van der Waals surface area contributed by atoms with Crippen LogP contribution in [0.15, 0.2) is 48.5 Å². The van der Waals surface area contributed by atoms with E-state index in [0.29, 0.717) is 23.6 Å². The largest absolute Gasteiger partial charge is 0.308 e. The van der Waals surface area contributed by atoms with Crippen molar-refractivity contribution in [2.75, 3.05) is 11.4 Å². The summed E-state index contributed by atoms with van der Waals surface area (Å²) in [6.07, 6.45) is 0.998. The lowest BCUT2D eigenvalue weighted by atomic mass is 9.93. The number of amides is 1. The predicted molar refractivity (Wildman–Crippen MR) is 82.1 cm³/mol. The van der Waals surface area contributed by atoms with Crippen molar-refractivity contribution in [1.29, 1.82) is 5.26 Å². The van der Waals surface area contributed by atoms with Crippen LogP contribution in [-0.2, 0) is 6.42 Å². The minimum absolute atomic E-state index is 0.0360. The van der Waals surface area contributed by atoms with E-state index in [1.807, 2.05) is 23.1 Å². The maximum atomic E-state index is 12.8. The van der Waals surface area contributed by atoms with Crippen molar-refractivity contribution in [3.8, 4) is 6.07 Å². The van der Waals surface area contributed by atoms with E-state index in [-0.39, 0.29) is 5.91 Å². The molecule has 0 N–H and O–H groups in total. The van der Waals surface area contributed by atoms with Gasteiger partial charge in [0.15, 0.2) is 0 Å². The zero-order valence-corrected chi connectivity index (χ0v) is 11.9. The molecular formula is C18H16N2O. The lowest BCUT2D eigenvalue weighted by molar-refractivity contribution is 0.0981. The van der Waals surface area contributed by atoms with Gasteiger partial charge in [0.25, 0.3) is 5.91 Å². The average Bonchev–Trinajstić information content (AvgIpc) is 2.53. The van der Waals surface area contributed by atoms with Crippen molar-refractivity contribution < 1.29 is 4.79 Å². The SMILES string of the molecule is CC1Cc2ccccc2N(C(=O)c2cccc(C#N)c2)C1. The van der Waals surface area contributed by atoms with Gasteiger partial charge in [0.05, 0.1) is 11.6 Å². The summed E-state index contributed by atoms with van der Waals surface area (Å²) in [4.78, 5) is 14.6. The first-order valence-corrected chi connectivity index (χ1v) is 7.09. The molecule has 1 unspecified atom stereocenters. The summed E-state index contributed by atoms with van der Waals surface area (Å²) in [5.74, 6) is 0.397. The predicted octanol–water partition coefficient (Wildman–Crippen LogP) is 3.40. The Morgan fingerprint density at radius 1 is 1.24 bits per heavy atom. The fourth-order valence-electron chi connectivity index (χ4n) is 2.87. The van der Waals surface area contributed by atoms with Gasteiger partial charge in [-0.15, -0.1) is 0 Å². The first-order chi connectivity index (χ1) is 10.2. The van der Waals surface area contributed by atoms with Gasteiger partial charge in [0, 0.05) is 17.8 Å². The number of para-hydroxylation sites is 1. The van der Waals surface area contributed by atoms with Crippen molar-refractivity contribution >= 4 is 11.6 Å². The van der Waals surface area contributed by atoms with Crippen LogP contribution in [0.25, 0.3) is 0 Å². The second-order valence-electron chi connectivity index (χ2n) is 5.55. The molecule has 0 aromatic heterocycles. The number of carbonyl (C=O) groups is 1. The Balaban J connectivity index is 2.00. The number of benzene rings is 2. The lowest BCUT2D eigenvalue weighted by Gasteiger charge is -2.33. The molecule has 0 spiro atoms. The van der Waals surface area contributed by atoms with Gasteiger partial charge in [0.1, 0.15) is 0 Å². The number of nitriles is 1. The first-order valence-electron chi connectivity index (χ1n) is 7.09. The zero-order valence-electron chi connectivity index (χ0n) is 11.9. The van der Waals surface area contributed by atoms with Crippen molar-refractivity contribution in [2.45, 2.75) is 13.3 Å². The van der Waals surface area contributed by atoms with E-state index < -0.39 is 0 Å². The number of anilines is 1. The zero-order chi connectivity index (χ0) is 14.8. The van der Waals surface area contributed by atoms with E-state index in [1.54, 1.807) is 24.3 Å². The molecule has 104 valence electrons. The van der Waals surface area contributed by atoms with E-state index >= 15 is 0 Å². The van der Waals surface area contributed by atoms with E-state index in [2.05, 4.69) is 19.1 Å². The molecule has 1 aliphatic rings. The third-order valence-corrected chi connectivity index (χ3v) is 3.83. The minimum atomic E-state index is -0.0360. The van der Waals surface area contributed by atoms with Crippen LogP contribution in [0, 0.1) is 17.2 Å². The van der Waals surface area contributed by atoms with Crippen LogP contribution in [0.1, 0.15) is 28.4 Å². The van der Waals surface area contributed by atoms with Crippen molar-refractivity contribution in [2.24, 2.45) is 5.92 Å². The summed E-state index contributed by atoms with van der Waals surface area (Å²) >= 11 is 0. The van der Waals surface area contributed by atoms with Gasteiger partial charge in [-0.2, -0.15) is 5.26 Å². The summed E-state index contributed by atoms with van der Waals surface area (Å²) < 4.78 is 0. The number of rotatable bonds is 1.